The molecular weight excluding hydrogens is 282 g/mol. The monoisotopic (exact) mass is 294 g/mol. The van der Waals surface area contributed by atoms with Crippen LogP contribution < -0.4 is 5.32 Å². The molecule has 0 aliphatic heterocycles. The van der Waals surface area contributed by atoms with Gasteiger partial charge >= 0.3 is 0 Å². The Kier molecular flexibility index (Phi) is 4.36. The summed E-state index contributed by atoms with van der Waals surface area (Å²) < 4.78 is 5.31. The third-order valence-corrected chi connectivity index (χ3v) is 3.91. The topological polar surface area (TPSA) is 34.1 Å². The zero-order chi connectivity index (χ0) is 12.4. The first-order valence-corrected chi connectivity index (χ1v) is 6.54. The van der Waals surface area contributed by atoms with E-state index in [1.165, 1.54) is 0 Å². The molecule has 1 N–H and O–H groups in total. The highest BCUT2D eigenvalue weighted by molar-refractivity contribution is 6.42. The molecule has 2 unspecified atom stereocenters. The fourth-order valence-corrected chi connectivity index (χ4v) is 2.58. The molecule has 6 heteroatoms. The lowest BCUT2D eigenvalue weighted by atomic mass is 10.2. The van der Waals surface area contributed by atoms with Crippen LogP contribution in [-0.2, 0) is 4.74 Å². The first kappa shape index (κ1) is 13.2. The van der Waals surface area contributed by atoms with Gasteiger partial charge in [0.05, 0.1) is 16.1 Å². The van der Waals surface area contributed by atoms with E-state index in [1.54, 1.807) is 13.2 Å². The van der Waals surface area contributed by atoms with E-state index in [1.807, 2.05) is 0 Å². The Morgan fingerprint density at radius 3 is 2.71 bits per heavy atom. The largest absolute Gasteiger partial charge is 0.381 e. The average molecular weight is 296 g/mol. The summed E-state index contributed by atoms with van der Waals surface area (Å²) in [5.74, 6) is 0.586. The minimum Gasteiger partial charge on any atom is -0.381 e. The molecule has 0 spiro atoms. The van der Waals surface area contributed by atoms with Gasteiger partial charge in [-0.15, -0.1) is 0 Å². The zero-order valence-corrected chi connectivity index (χ0v) is 11.6. The van der Waals surface area contributed by atoms with Crippen LogP contribution in [0.4, 0.5) is 5.82 Å². The van der Waals surface area contributed by atoms with Gasteiger partial charge in [0.15, 0.2) is 0 Å². The number of nitrogens with one attached hydrogen (secondary N) is 1. The van der Waals surface area contributed by atoms with Crippen molar-refractivity contribution in [2.45, 2.75) is 31.4 Å². The summed E-state index contributed by atoms with van der Waals surface area (Å²) in [6, 6.07) is 1.92. The zero-order valence-electron chi connectivity index (χ0n) is 9.34. The van der Waals surface area contributed by atoms with Crippen molar-refractivity contribution in [3.8, 4) is 0 Å². The van der Waals surface area contributed by atoms with Crippen molar-refractivity contribution in [1.29, 1.82) is 0 Å². The number of pyridine rings is 1. The van der Waals surface area contributed by atoms with E-state index in [0.29, 0.717) is 28.0 Å². The number of anilines is 1. The second-order valence-corrected chi connectivity index (χ2v) is 5.28. The normalized spacial score (nSPS) is 24.0. The number of nitrogens with zero attached hydrogens (tertiary/aromatic N) is 1. The van der Waals surface area contributed by atoms with Gasteiger partial charge < -0.3 is 10.1 Å². The fourth-order valence-electron chi connectivity index (χ4n) is 2.02. The predicted molar refractivity (Wildman–Crippen MR) is 71.3 cm³/mol. The van der Waals surface area contributed by atoms with Crippen LogP contribution in [0.25, 0.3) is 0 Å². The lowest BCUT2D eigenvalue weighted by Gasteiger charge is -2.15. The van der Waals surface area contributed by atoms with Gasteiger partial charge in [-0.1, -0.05) is 34.8 Å². The summed E-state index contributed by atoms with van der Waals surface area (Å²) in [6.45, 7) is 0. The minimum absolute atomic E-state index is 0.264. The van der Waals surface area contributed by atoms with Crippen LogP contribution in [0.3, 0.4) is 0 Å². The number of ether oxygens (including phenoxy) is 1. The van der Waals surface area contributed by atoms with Crippen molar-refractivity contribution in [2.75, 3.05) is 12.4 Å². The van der Waals surface area contributed by atoms with Crippen LogP contribution in [0.2, 0.25) is 15.2 Å². The molecule has 94 valence electrons. The quantitative estimate of drug-likeness (QED) is 0.855. The number of halogens is 3. The highest BCUT2D eigenvalue weighted by Gasteiger charge is 2.25. The lowest BCUT2D eigenvalue weighted by molar-refractivity contribution is 0.108. The van der Waals surface area contributed by atoms with Crippen molar-refractivity contribution >= 4 is 40.6 Å². The van der Waals surface area contributed by atoms with Crippen LogP contribution in [0.1, 0.15) is 19.3 Å². The van der Waals surface area contributed by atoms with Gasteiger partial charge in [-0.3, -0.25) is 0 Å². The molecule has 1 aliphatic carbocycles. The van der Waals surface area contributed by atoms with E-state index < -0.39 is 0 Å². The first-order valence-electron chi connectivity index (χ1n) is 5.41. The fraction of sp³-hybridized carbons (Fsp3) is 0.545. The number of aromatic nitrogens is 1. The minimum atomic E-state index is 0.264. The molecule has 2 rings (SSSR count). The van der Waals surface area contributed by atoms with Crippen molar-refractivity contribution in [2.24, 2.45) is 0 Å². The summed E-state index contributed by atoms with van der Waals surface area (Å²) in [7, 11) is 1.73. The molecule has 1 aromatic heterocycles. The van der Waals surface area contributed by atoms with Crippen molar-refractivity contribution in [1.82, 2.24) is 4.98 Å². The van der Waals surface area contributed by atoms with E-state index in [2.05, 4.69) is 10.3 Å². The van der Waals surface area contributed by atoms with Crippen LogP contribution in [-0.4, -0.2) is 24.2 Å². The molecule has 1 saturated carbocycles. The standard InChI is InChI=1S/C11H13Cl3N2O/c1-17-7-3-2-6(4-7)15-11-9(13)5-8(12)10(14)16-11/h5-7H,2-4H2,1H3,(H,15,16). The highest BCUT2D eigenvalue weighted by Crippen LogP contribution is 2.31. The summed E-state index contributed by atoms with van der Waals surface area (Å²) in [5, 5.41) is 4.39. The molecule has 0 saturated heterocycles. The van der Waals surface area contributed by atoms with E-state index in [4.69, 9.17) is 39.5 Å². The molecule has 0 radical (unpaired) electrons. The SMILES string of the molecule is COC1CCC(Nc2nc(Cl)c(Cl)cc2Cl)C1. The highest BCUT2D eigenvalue weighted by atomic mass is 35.5. The van der Waals surface area contributed by atoms with E-state index in [0.717, 1.165) is 19.3 Å². The number of hydrogen-bond acceptors (Lipinski definition) is 3. The number of rotatable bonds is 3. The molecule has 1 fully saturated rings. The van der Waals surface area contributed by atoms with Gasteiger partial charge in [0, 0.05) is 13.2 Å². The van der Waals surface area contributed by atoms with Gasteiger partial charge in [0.2, 0.25) is 0 Å². The van der Waals surface area contributed by atoms with Crippen LogP contribution >= 0.6 is 34.8 Å². The first-order chi connectivity index (χ1) is 8.10. The molecule has 17 heavy (non-hydrogen) atoms. The Morgan fingerprint density at radius 1 is 1.29 bits per heavy atom. The Bertz CT molecular complexity index is 414. The molecule has 0 aromatic carbocycles. The second kappa shape index (κ2) is 5.61. The second-order valence-electron chi connectivity index (χ2n) is 4.10. The third kappa shape index (κ3) is 3.16. The number of hydrogen-bond donors (Lipinski definition) is 1. The summed E-state index contributed by atoms with van der Waals surface area (Å²) in [4.78, 5) is 4.14. The maximum atomic E-state index is 6.05. The summed E-state index contributed by atoms with van der Waals surface area (Å²) in [5.41, 5.74) is 0. The summed E-state index contributed by atoms with van der Waals surface area (Å²) in [6.07, 6.45) is 3.35. The maximum Gasteiger partial charge on any atom is 0.150 e. The average Bonchev–Trinajstić information content (AvgIpc) is 2.73. The molecule has 2 atom stereocenters. The van der Waals surface area contributed by atoms with Gasteiger partial charge in [0.1, 0.15) is 11.0 Å². The van der Waals surface area contributed by atoms with Crippen molar-refractivity contribution in [3.63, 3.8) is 0 Å². The molecule has 0 amide bonds. The number of methoxy groups -OCH3 is 1. The Balaban J connectivity index is 2.06. The van der Waals surface area contributed by atoms with Gasteiger partial charge in [-0.2, -0.15) is 0 Å². The van der Waals surface area contributed by atoms with Gasteiger partial charge in [-0.25, -0.2) is 4.98 Å². The lowest BCUT2D eigenvalue weighted by Crippen LogP contribution is -2.18. The van der Waals surface area contributed by atoms with Gasteiger partial charge in [0.25, 0.3) is 0 Å². The molecule has 3 nitrogen and oxygen atoms in total. The third-order valence-electron chi connectivity index (χ3n) is 2.95. The molecule has 1 aromatic rings. The van der Waals surface area contributed by atoms with Crippen molar-refractivity contribution < 1.29 is 4.74 Å². The molecular formula is C11H13Cl3N2O. The smallest absolute Gasteiger partial charge is 0.150 e. The van der Waals surface area contributed by atoms with Crippen LogP contribution in [0.15, 0.2) is 6.07 Å². The van der Waals surface area contributed by atoms with E-state index in [9.17, 15) is 0 Å². The Hall–Kier alpha value is -0.220. The Labute approximate surface area is 115 Å². The van der Waals surface area contributed by atoms with E-state index >= 15 is 0 Å². The van der Waals surface area contributed by atoms with Crippen LogP contribution in [0, 0.1) is 0 Å². The maximum absolute atomic E-state index is 6.05. The molecule has 1 heterocycles. The molecule has 1 aliphatic rings. The van der Waals surface area contributed by atoms with Crippen LogP contribution in [0.5, 0.6) is 0 Å². The van der Waals surface area contributed by atoms with E-state index in [-0.39, 0.29) is 5.15 Å². The Morgan fingerprint density at radius 2 is 2.06 bits per heavy atom. The predicted octanol–water partition coefficient (Wildman–Crippen LogP) is 4.02. The summed E-state index contributed by atoms with van der Waals surface area (Å²) >= 11 is 17.7. The van der Waals surface area contributed by atoms with Gasteiger partial charge in [-0.05, 0) is 25.3 Å². The van der Waals surface area contributed by atoms with Crippen molar-refractivity contribution in [3.05, 3.63) is 21.3 Å². The molecule has 0 bridgehead atoms.